The molecule has 13 heteroatoms. The molecule has 0 saturated heterocycles. The first-order chi connectivity index (χ1) is 33.0. The van der Waals surface area contributed by atoms with Gasteiger partial charge in [0.2, 0.25) is 0 Å². The number of esters is 1. The van der Waals surface area contributed by atoms with Crippen LogP contribution in [-0.2, 0) is 27.9 Å². The van der Waals surface area contributed by atoms with Crippen LogP contribution in [0.4, 0.5) is 0 Å². The summed E-state index contributed by atoms with van der Waals surface area (Å²) in [6.07, 6.45) is 47.9. The van der Waals surface area contributed by atoms with Gasteiger partial charge in [0.25, 0.3) is 0 Å². The van der Waals surface area contributed by atoms with E-state index in [0.717, 1.165) is 70.6 Å². The van der Waals surface area contributed by atoms with Crippen LogP contribution in [0.15, 0.2) is 85.1 Å². The van der Waals surface area contributed by atoms with Gasteiger partial charge in [-0.05, 0) is 89.9 Å². The third-order valence-electron chi connectivity index (χ3n) is 11.8. The molecule has 0 aliphatic heterocycles. The van der Waals surface area contributed by atoms with E-state index in [0.29, 0.717) is 13.0 Å². The molecule has 0 aromatic heterocycles. The van der Waals surface area contributed by atoms with E-state index in [2.05, 4.69) is 98.9 Å². The number of carbonyl (C=O) groups excluding carboxylic acids is 1. The quantitative estimate of drug-likeness (QED) is 0.0147. The van der Waals surface area contributed by atoms with Gasteiger partial charge in [-0.2, -0.15) is 0 Å². The SMILES string of the molecule is CC/C=C\C/C=C\C/C=C\C/C=C\C/C=C\C/C=C\CCCCC(=O)OC(COCCCCCCCCCCCC/C=C\CCCCCCCC)COP(=O)(O)OC1C(O)C(O)C(O)C(O)C1O. The van der Waals surface area contributed by atoms with Crippen LogP contribution in [-0.4, -0.2) is 98.9 Å². The molecule has 0 aromatic carbocycles. The van der Waals surface area contributed by atoms with E-state index in [-0.39, 0.29) is 13.0 Å². The fourth-order valence-electron chi connectivity index (χ4n) is 7.59. The molecular formula is C55H95O12P. The van der Waals surface area contributed by atoms with Gasteiger partial charge in [0, 0.05) is 13.0 Å². The summed E-state index contributed by atoms with van der Waals surface area (Å²) in [5, 5.41) is 50.3. The molecule has 0 radical (unpaired) electrons. The van der Waals surface area contributed by atoms with Crippen LogP contribution in [0.3, 0.4) is 0 Å². The molecule has 68 heavy (non-hydrogen) atoms. The molecule has 0 bridgehead atoms. The molecule has 0 heterocycles. The molecule has 0 aromatic rings. The minimum absolute atomic E-state index is 0.0997. The Balaban J connectivity index is 2.38. The first-order valence-electron chi connectivity index (χ1n) is 26.4. The summed E-state index contributed by atoms with van der Waals surface area (Å²) in [6, 6.07) is 0. The van der Waals surface area contributed by atoms with Crippen molar-refractivity contribution in [1.29, 1.82) is 0 Å². The number of carbonyl (C=O) groups is 1. The smallest absolute Gasteiger partial charge is 0.457 e. The Morgan fingerprint density at radius 1 is 0.485 bits per heavy atom. The molecule has 1 fully saturated rings. The second kappa shape index (κ2) is 44.5. The number of phosphoric acid groups is 1. The fourth-order valence-corrected chi connectivity index (χ4v) is 8.56. The third-order valence-corrected chi connectivity index (χ3v) is 12.7. The Bertz CT molecular complexity index is 1440. The number of hydrogen-bond donors (Lipinski definition) is 6. The number of phosphoric ester groups is 1. The number of aliphatic hydroxyl groups excluding tert-OH is 5. The first-order valence-corrected chi connectivity index (χ1v) is 27.9. The van der Waals surface area contributed by atoms with Crippen molar-refractivity contribution in [2.75, 3.05) is 19.8 Å². The van der Waals surface area contributed by atoms with Gasteiger partial charge < -0.3 is 39.9 Å². The topological polar surface area (TPSA) is 192 Å². The van der Waals surface area contributed by atoms with Gasteiger partial charge in [0.1, 0.15) is 42.7 Å². The Morgan fingerprint density at radius 2 is 0.868 bits per heavy atom. The van der Waals surface area contributed by atoms with E-state index in [1.807, 2.05) is 0 Å². The minimum atomic E-state index is -5.04. The molecule has 1 aliphatic rings. The van der Waals surface area contributed by atoms with Crippen LogP contribution in [0.2, 0.25) is 0 Å². The highest BCUT2D eigenvalue weighted by Gasteiger charge is 2.51. The van der Waals surface area contributed by atoms with E-state index >= 15 is 0 Å². The van der Waals surface area contributed by atoms with E-state index in [1.54, 1.807) is 0 Å². The zero-order valence-corrected chi connectivity index (χ0v) is 43.0. The van der Waals surface area contributed by atoms with Crippen molar-refractivity contribution < 1.29 is 58.3 Å². The van der Waals surface area contributed by atoms with Crippen molar-refractivity contribution in [3.63, 3.8) is 0 Å². The number of rotatable bonds is 44. The number of ether oxygens (including phenoxy) is 2. The van der Waals surface area contributed by atoms with Gasteiger partial charge in [-0.1, -0.05) is 182 Å². The van der Waals surface area contributed by atoms with Gasteiger partial charge in [0.05, 0.1) is 13.2 Å². The lowest BCUT2D eigenvalue weighted by molar-refractivity contribution is -0.220. The second-order valence-corrected chi connectivity index (χ2v) is 19.4. The number of allylic oxidation sites excluding steroid dienone is 14. The summed E-state index contributed by atoms with van der Waals surface area (Å²) in [7, 11) is -5.04. The van der Waals surface area contributed by atoms with Crippen molar-refractivity contribution in [3.05, 3.63) is 85.1 Å². The van der Waals surface area contributed by atoms with E-state index in [9.17, 15) is 39.8 Å². The lowest BCUT2D eigenvalue weighted by Gasteiger charge is -2.41. The Morgan fingerprint density at radius 3 is 1.34 bits per heavy atom. The van der Waals surface area contributed by atoms with Crippen LogP contribution in [0.25, 0.3) is 0 Å². The molecule has 6 N–H and O–H groups in total. The highest BCUT2D eigenvalue weighted by atomic mass is 31.2. The Hall–Kier alpha value is -2.48. The van der Waals surface area contributed by atoms with Crippen LogP contribution in [0.1, 0.15) is 194 Å². The van der Waals surface area contributed by atoms with Crippen LogP contribution in [0, 0.1) is 0 Å². The predicted molar refractivity (Wildman–Crippen MR) is 276 cm³/mol. The van der Waals surface area contributed by atoms with E-state index in [4.69, 9.17) is 18.5 Å². The minimum Gasteiger partial charge on any atom is -0.457 e. The highest BCUT2D eigenvalue weighted by molar-refractivity contribution is 7.47. The largest absolute Gasteiger partial charge is 0.472 e. The fraction of sp³-hybridized carbons (Fsp3) is 0.727. The average molecular weight is 979 g/mol. The summed E-state index contributed by atoms with van der Waals surface area (Å²) in [5.74, 6) is -0.521. The van der Waals surface area contributed by atoms with Gasteiger partial charge in [-0.25, -0.2) is 4.57 Å². The molecule has 6 unspecified atom stereocenters. The van der Waals surface area contributed by atoms with Crippen molar-refractivity contribution in [2.24, 2.45) is 0 Å². The summed E-state index contributed by atoms with van der Waals surface area (Å²) in [6.45, 7) is 4.10. The zero-order chi connectivity index (χ0) is 49.8. The summed E-state index contributed by atoms with van der Waals surface area (Å²) in [4.78, 5) is 23.2. The van der Waals surface area contributed by atoms with E-state index in [1.165, 1.54) is 96.3 Å². The van der Waals surface area contributed by atoms with Crippen LogP contribution < -0.4 is 0 Å². The molecule has 0 spiro atoms. The molecular weight excluding hydrogens is 884 g/mol. The average Bonchev–Trinajstić information content (AvgIpc) is 3.32. The molecule has 1 rings (SSSR count). The normalized spacial score (nSPS) is 21.8. The van der Waals surface area contributed by atoms with Crippen molar-refractivity contribution in [3.8, 4) is 0 Å². The highest BCUT2D eigenvalue weighted by Crippen LogP contribution is 2.47. The van der Waals surface area contributed by atoms with Crippen molar-refractivity contribution >= 4 is 13.8 Å². The van der Waals surface area contributed by atoms with Gasteiger partial charge in [0.15, 0.2) is 0 Å². The lowest BCUT2D eigenvalue weighted by atomic mass is 9.85. The number of unbranched alkanes of at least 4 members (excludes halogenated alkanes) is 18. The van der Waals surface area contributed by atoms with Crippen LogP contribution in [0.5, 0.6) is 0 Å². The maximum absolute atomic E-state index is 12.9. The predicted octanol–water partition coefficient (Wildman–Crippen LogP) is 12.1. The van der Waals surface area contributed by atoms with Crippen LogP contribution >= 0.6 is 7.82 Å². The number of aliphatic hydroxyl groups is 5. The maximum Gasteiger partial charge on any atom is 0.472 e. The van der Waals surface area contributed by atoms with E-state index < -0.39 is 63.1 Å². The molecule has 0 amide bonds. The third kappa shape index (κ3) is 35.6. The molecule has 1 saturated carbocycles. The summed E-state index contributed by atoms with van der Waals surface area (Å²) >= 11 is 0. The van der Waals surface area contributed by atoms with Gasteiger partial charge in [-0.3, -0.25) is 13.8 Å². The number of hydrogen-bond acceptors (Lipinski definition) is 11. The van der Waals surface area contributed by atoms with Gasteiger partial charge >= 0.3 is 13.8 Å². The molecule has 392 valence electrons. The molecule has 12 nitrogen and oxygen atoms in total. The molecule has 1 aliphatic carbocycles. The second-order valence-electron chi connectivity index (χ2n) is 18.0. The Labute approximate surface area is 412 Å². The lowest BCUT2D eigenvalue weighted by Crippen LogP contribution is -2.64. The summed E-state index contributed by atoms with van der Waals surface area (Å²) in [5.41, 5.74) is 0. The van der Waals surface area contributed by atoms with Gasteiger partial charge in [-0.15, -0.1) is 0 Å². The maximum atomic E-state index is 12.9. The Kier molecular flexibility index (Phi) is 41.5. The zero-order valence-electron chi connectivity index (χ0n) is 42.1. The summed E-state index contributed by atoms with van der Waals surface area (Å²) < 4.78 is 34.3. The van der Waals surface area contributed by atoms with Crippen molar-refractivity contribution in [1.82, 2.24) is 0 Å². The monoisotopic (exact) mass is 979 g/mol. The van der Waals surface area contributed by atoms with Crippen molar-refractivity contribution in [2.45, 2.75) is 236 Å². The standard InChI is InChI=1S/C55H95O12P/c1-3-5-7-9-11-13-15-17-19-21-23-25-26-28-30-32-34-36-38-40-42-44-49(56)66-48(47-65-68(62,63)67-55-53(60)51(58)50(57)52(59)54(55)61)46-64-45-43-41-39-37-35-33-31-29-27-24-22-20-18-16-14-12-10-8-6-4-2/h5,7,11,13,17-20,23,25,28,30,34,36,48,50-55,57-61H,3-4,6,8-10,12,14-16,21-22,24,26-27,29,31-33,35,37-47H2,1-2H3,(H,62,63)/b7-5-,13-11-,19-17-,20-18-,25-23-,30-28-,36-34-. The molecule has 6 atom stereocenters. The first kappa shape index (κ1) is 63.5.